The molecule has 90 valence electrons. The third-order valence-electron chi connectivity index (χ3n) is 3.62. The van der Waals surface area contributed by atoms with Crippen molar-refractivity contribution in [1.29, 1.82) is 0 Å². The molecular weight excluding hydrogens is 198 g/mol. The van der Waals surface area contributed by atoms with E-state index in [4.69, 9.17) is 5.73 Å². The standard InChI is InChI=1S/C13H23N3/c1-16(10-3-2-8-14)12-6-4-5-11-7-9-15-13(11)12/h7,9,12,15H,2-6,8,10,14H2,1H3. The van der Waals surface area contributed by atoms with Crippen molar-refractivity contribution in [3.05, 3.63) is 23.5 Å². The summed E-state index contributed by atoms with van der Waals surface area (Å²) in [5.74, 6) is 0. The van der Waals surface area contributed by atoms with Gasteiger partial charge in [0.15, 0.2) is 0 Å². The molecule has 0 fully saturated rings. The van der Waals surface area contributed by atoms with Gasteiger partial charge in [0.05, 0.1) is 0 Å². The normalized spacial score (nSPS) is 20.1. The summed E-state index contributed by atoms with van der Waals surface area (Å²) in [6.07, 6.45) is 8.26. The molecule has 3 nitrogen and oxygen atoms in total. The zero-order chi connectivity index (χ0) is 11.4. The molecule has 0 bridgehead atoms. The molecule has 1 aliphatic rings. The van der Waals surface area contributed by atoms with Gasteiger partial charge in [-0.25, -0.2) is 0 Å². The van der Waals surface area contributed by atoms with Crippen LogP contribution in [0.3, 0.4) is 0 Å². The molecule has 1 unspecified atom stereocenters. The molecule has 16 heavy (non-hydrogen) atoms. The summed E-state index contributed by atoms with van der Waals surface area (Å²) in [5.41, 5.74) is 8.49. The van der Waals surface area contributed by atoms with Gasteiger partial charge in [-0.05, 0) is 63.9 Å². The molecule has 0 radical (unpaired) electrons. The first kappa shape index (κ1) is 11.7. The second-order valence-corrected chi connectivity index (χ2v) is 4.80. The van der Waals surface area contributed by atoms with Gasteiger partial charge < -0.3 is 10.7 Å². The highest BCUT2D eigenvalue weighted by molar-refractivity contribution is 5.26. The van der Waals surface area contributed by atoms with Gasteiger partial charge in [0.2, 0.25) is 0 Å². The highest BCUT2D eigenvalue weighted by Gasteiger charge is 2.24. The van der Waals surface area contributed by atoms with Crippen molar-refractivity contribution in [2.45, 2.75) is 38.1 Å². The van der Waals surface area contributed by atoms with Gasteiger partial charge in [-0.1, -0.05) is 0 Å². The maximum atomic E-state index is 5.53. The number of nitrogens with one attached hydrogen (secondary N) is 1. The van der Waals surface area contributed by atoms with Crippen LogP contribution in [0.25, 0.3) is 0 Å². The van der Waals surface area contributed by atoms with Gasteiger partial charge >= 0.3 is 0 Å². The van der Waals surface area contributed by atoms with Gasteiger partial charge in [-0.3, -0.25) is 4.90 Å². The Hall–Kier alpha value is -0.800. The average molecular weight is 221 g/mol. The van der Waals surface area contributed by atoms with Crippen LogP contribution in [0.15, 0.2) is 12.3 Å². The van der Waals surface area contributed by atoms with Crippen LogP contribution in [0.5, 0.6) is 0 Å². The number of hydrogen-bond acceptors (Lipinski definition) is 2. The minimum atomic E-state index is 0.594. The summed E-state index contributed by atoms with van der Waals surface area (Å²) in [5, 5.41) is 0. The van der Waals surface area contributed by atoms with Crippen LogP contribution in [0.1, 0.15) is 43.0 Å². The highest BCUT2D eigenvalue weighted by Crippen LogP contribution is 2.32. The van der Waals surface area contributed by atoms with E-state index < -0.39 is 0 Å². The molecule has 1 aromatic rings. The van der Waals surface area contributed by atoms with E-state index in [0.717, 1.165) is 19.5 Å². The Morgan fingerprint density at radius 2 is 2.38 bits per heavy atom. The van der Waals surface area contributed by atoms with Gasteiger partial charge in [0.1, 0.15) is 0 Å². The lowest BCUT2D eigenvalue weighted by Crippen LogP contribution is -2.29. The zero-order valence-electron chi connectivity index (χ0n) is 10.2. The summed E-state index contributed by atoms with van der Waals surface area (Å²) >= 11 is 0. The fourth-order valence-electron chi connectivity index (χ4n) is 2.68. The summed E-state index contributed by atoms with van der Waals surface area (Å²) in [6, 6.07) is 2.83. The number of aryl methyl sites for hydroxylation is 1. The van der Waals surface area contributed by atoms with Crippen molar-refractivity contribution >= 4 is 0 Å². The molecule has 1 atom stereocenters. The first-order chi connectivity index (χ1) is 7.83. The number of aromatic amines is 1. The summed E-state index contributed by atoms with van der Waals surface area (Å²) < 4.78 is 0. The smallest absolute Gasteiger partial charge is 0.0498 e. The van der Waals surface area contributed by atoms with Crippen molar-refractivity contribution in [3.63, 3.8) is 0 Å². The lowest BCUT2D eigenvalue weighted by molar-refractivity contribution is 0.214. The van der Waals surface area contributed by atoms with E-state index in [2.05, 4.69) is 29.2 Å². The Labute approximate surface area is 98.0 Å². The largest absolute Gasteiger partial charge is 0.363 e. The predicted octanol–water partition coefficient (Wildman–Crippen LogP) is 2.06. The van der Waals surface area contributed by atoms with E-state index in [0.29, 0.717) is 6.04 Å². The molecule has 1 heterocycles. The van der Waals surface area contributed by atoms with Crippen molar-refractivity contribution in [2.24, 2.45) is 5.73 Å². The number of hydrogen-bond donors (Lipinski definition) is 2. The van der Waals surface area contributed by atoms with Crippen molar-refractivity contribution in [2.75, 3.05) is 20.1 Å². The van der Waals surface area contributed by atoms with Gasteiger partial charge in [-0.15, -0.1) is 0 Å². The number of aromatic nitrogens is 1. The fraction of sp³-hybridized carbons (Fsp3) is 0.692. The lowest BCUT2D eigenvalue weighted by Gasteiger charge is -2.31. The van der Waals surface area contributed by atoms with Crippen LogP contribution >= 0.6 is 0 Å². The van der Waals surface area contributed by atoms with Crippen LogP contribution in [0.4, 0.5) is 0 Å². The van der Waals surface area contributed by atoms with Gasteiger partial charge in [-0.2, -0.15) is 0 Å². The van der Waals surface area contributed by atoms with Crippen LogP contribution < -0.4 is 5.73 Å². The Balaban J connectivity index is 1.95. The van der Waals surface area contributed by atoms with Crippen LogP contribution in [-0.2, 0) is 6.42 Å². The summed E-state index contributed by atoms with van der Waals surface area (Å²) in [6.45, 7) is 1.96. The number of nitrogens with zero attached hydrogens (tertiary/aromatic N) is 1. The Morgan fingerprint density at radius 1 is 1.50 bits per heavy atom. The minimum absolute atomic E-state index is 0.594. The number of H-pyrrole nitrogens is 1. The molecule has 3 N–H and O–H groups in total. The van der Waals surface area contributed by atoms with E-state index in [-0.39, 0.29) is 0 Å². The third-order valence-corrected chi connectivity index (χ3v) is 3.62. The Bertz CT molecular complexity index is 319. The molecular formula is C13H23N3. The third kappa shape index (κ3) is 2.47. The van der Waals surface area contributed by atoms with Gasteiger partial charge in [0.25, 0.3) is 0 Å². The molecule has 0 amide bonds. The number of rotatable bonds is 5. The van der Waals surface area contributed by atoms with Crippen molar-refractivity contribution in [3.8, 4) is 0 Å². The molecule has 1 aromatic heterocycles. The quantitative estimate of drug-likeness (QED) is 0.748. The summed E-state index contributed by atoms with van der Waals surface area (Å²) in [4.78, 5) is 5.89. The van der Waals surface area contributed by atoms with Crippen LogP contribution in [0, 0.1) is 0 Å². The number of unbranched alkanes of at least 4 members (excludes halogenated alkanes) is 1. The molecule has 0 spiro atoms. The fourth-order valence-corrected chi connectivity index (χ4v) is 2.68. The molecule has 0 aromatic carbocycles. The Kier molecular flexibility index (Phi) is 4.02. The maximum Gasteiger partial charge on any atom is 0.0498 e. The van der Waals surface area contributed by atoms with E-state index in [1.165, 1.54) is 36.9 Å². The van der Waals surface area contributed by atoms with E-state index >= 15 is 0 Å². The second kappa shape index (κ2) is 5.51. The van der Waals surface area contributed by atoms with E-state index in [1.54, 1.807) is 0 Å². The SMILES string of the molecule is CN(CCCCN)C1CCCc2cc[nH]c21. The topological polar surface area (TPSA) is 45.0 Å². The first-order valence-electron chi connectivity index (χ1n) is 6.39. The predicted molar refractivity (Wildman–Crippen MR) is 67.4 cm³/mol. The molecule has 2 rings (SSSR count). The Morgan fingerprint density at radius 3 is 3.19 bits per heavy atom. The maximum absolute atomic E-state index is 5.53. The number of nitrogens with two attached hydrogens (primary N) is 1. The minimum Gasteiger partial charge on any atom is -0.363 e. The molecule has 0 aliphatic heterocycles. The van der Waals surface area contributed by atoms with Crippen LogP contribution in [0.2, 0.25) is 0 Å². The molecule has 1 aliphatic carbocycles. The van der Waals surface area contributed by atoms with E-state index in [9.17, 15) is 0 Å². The highest BCUT2D eigenvalue weighted by atomic mass is 15.1. The molecule has 0 saturated carbocycles. The lowest BCUT2D eigenvalue weighted by atomic mass is 9.92. The molecule has 3 heteroatoms. The molecule has 0 saturated heterocycles. The second-order valence-electron chi connectivity index (χ2n) is 4.80. The van der Waals surface area contributed by atoms with Crippen molar-refractivity contribution in [1.82, 2.24) is 9.88 Å². The van der Waals surface area contributed by atoms with Gasteiger partial charge in [0, 0.05) is 17.9 Å². The monoisotopic (exact) mass is 221 g/mol. The first-order valence-corrected chi connectivity index (χ1v) is 6.39. The summed E-state index contributed by atoms with van der Waals surface area (Å²) in [7, 11) is 2.23. The number of fused-ring (bicyclic) bond motifs is 1. The zero-order valence-corrected chi connectivity index (χ0v) is 10.2. The average Bonchev–Trinajstić information content (AvgIpc) is 2.76. The van der Waals surface area contributed by atoms with E-state index in [1.807, 2.05) is 0 Å². The van der Waals surface area contributed by atoms with Crippen LogP contribution in [-0.4, -0.2) is 30.0 Å². The van der Waals surface area contributed by atoms with Crippen molar-refractivity contribution < 1.29 is 0 Å².